The lowest BCUT2D eigenvalue weighted by atomic mass is 9.79. The van der Waals surface area contributed by atoms with Gasteiger partial charge in [0.15, 0.2) is 5.69 Å². The first-order chi connectivity index (χ1) is 10.0. The van der Waals surface area contributed by atoms with Gasteiger partial charge in [0.25, 0.3) is 0 Å². The first kappa shape index (κ1) is 13.6. The fraction of sp³-hybridized carbons (Fsp3) is 0.538. The monoisotopic (exact) mass is 292 g/mol. The van der Waals surface area contributed by atoms with Crippen LogP contribution in [-0.2, 0) is 4.74 Å². The zero-order valence-electron chi connectivity index (χ0n) is 11.7. The van der Waals surface area contributed by atoms with Crippen LogP contribution in [0.3, 0.4) is 0 Å². The second kappa shape index (κ2) is 4.87. The number of carboxylic acid groups (broad SMARTS) is 1. The van der Waals surface area contributed by atoms with Crippen molar-refractivity contribution in [1.82, 2.24) is 14.9 Å². The van der Waals surface area contributed by atoms with E-state index in [-0.39, 0.29) is 11.1 Å². The molecule has 0 radical (unpaired) electrons. The molecular formula is C13H16N4O4. The third kappa shape index (κ3) is 2.37. The van der Waals surface area contributed by atoms with Gasteiger partial charge in [-0.2, -0.15) is 0 Å². The molecule has 0 unspecified atom stereocenters. The van der Waals surface area contributed by atoms with E-state index in [2.05, 4.69) is 19.6 Å². The second-order valence-electron chi connectivity index (χ2n) is 5.56. The van der Waals surface area contributed by atoms with Crippen LogP contribution >= 0.6 is 0 Å². The standard InChI is InChI=1S/C13H16N4O4/c1-21-11(18)9-4-15-10(5-14-9)16-3-2-13(6-16)7-17(8-13)12(19)20/h4-5H,2-3,6-8H2,1H3,(H,19,20). The summed E-state index contributed by atoms with van der Waals surface area (Å²) < 4.78 is 4.58. The van der Waals surface area contributed by atoms with Crippen LogP contribution in [0, 0.1) is 5.41 Å². The molecule has 8 heteroatoms. The van der Waals surface area contributed by atoms with Crippen molar-refractivity contribution in [2.75, 3.05) is 38.2 Å². The topological polar surface area (TPSA) is 95.9 Å². The first-order valence-electron chi connectivity index (χ1n) is 6.66. The lowest BCUT2D eigenvalue weighted by molar-refractivity contribution is 0.0251. The highest BCUT2D eigenvalue weighted by molar-refractivity contribution is 5.86. The number of nitrogens with zero attached hydrogens (tertiary/aromatic N) is 4. The Hall–Kier alpha value is -2.38. The maximum atomic E-state index is 11.3. The van der Waals surface area contributed by atoms with Crippen molar-refractivity contribution in [3.05, 3.63) is 18.1 Å². The molecule has 0 saturated carbocycles. The smallest absolute Gasteiger partial charge is 0.407 e. The highest BCUT2D eigenvalue weighted by atomic mass is 16.5. The molecular weight excluding hydrogens is 276 g/mol. The number of hydrogen-bond acceptors (Lipinski definition) is 6. The summed E-state index contributed by atoms with van der Waals surface area (Å²) in [5.41, 5.74) is 0.219. The fourth-order valence-corrected chi connectivity index (χ4v) is 2.98. The van der Waals surface area contributed by atoms with Crippen LogP contribution in [0.2, 0.25) is 0 Å². The highest BCUT2D eigenvalue weighted by Gasteiger charge is 2.49. The van der Waals surface area contributed by atoms with Gasteiger partial charge in [-0.3, -0.25) is 0 Å². The minimum Gasteiger partial charge on any atom is -0.465 e. The molecule has 0 aromatic carbocycles. The second-order valence-corrected chi connectivity index (χ2v) is 5.56. The lowest BCUT2D eigenvalue weighted by Crippen LogP contribution is -2.59. The van der Waals surface area contributed by atoms with Crippen molar-refractivity contribution in [2.24, 2.45) is 5.41 Å². The molecule has 1 aromatic heterocycles. The number of carbonyl (C=O) groups excluding carboxylic acids is 1. The lowest BCUT2D eigenvalue weighted by Gasteiger charge is -2.46. The summed E-state index contributed by atoms with van der Waals surface area (Å²) in [5.74, 6) is 0.191. The Labute approximate surface area is 121 Å². The maximum Gasteiger partial charge on any atom is 0.407 e. The van der Waals surface area contributed by atoms with Gasteiger partial charge in [0.1, 0.15) is 5.82 Å². The minimum absolute atomic E-state index is 0.0427. The van der Waals surface area contributed by atoms with Crippen LogP contribution in [0.4, 0.5) is 10.6 Å². The number of methoxy groups -OCH3 is 1. The Morgan fingerprint density at radius 1 is 1.29 bits per heavy atom. The van der Waals surface area contributed by atoms with Crippen LogP contribution in [0.15, 0.2) is 12.4 Å². The van der Waals surface area contributed by atoms with E-state index in [0.29, 0.717) is 18.9 Å². The predicted octanol–water partition coefficient (Wildman–Crippen LogP) is 0.453. The quantitative estimate of drug-likeness (QED) is 0.791. The van der Waals surface area contributed by atoms with E-state index in [4.69, 9.17) is 5.11 Å². The molecule has 3 heterocycles. The fourth-order valence-electron chi connectivity index (χ4n) is 2.98. The number of hydrogen-bond donors (Lipinski definition) is 1. The molecule has 1 aromatic rings. The van der Waals surface area contributed by atoms with E-state index in [1.807, 2.05) is 0 Å². The number of aromatic nitrogens is 2. The van der Waals surface area contributed by atoms with Crippen LogP contribution in [0.1, 0.15) is 16.9 Å². The van der Waals surface area contributed by atoms with E-state index in [9.17, 15) is 9.59 Å². The van der Waals surface area contributed by atoms with Gasteiger partial charge in [0.2, 0.25) is 0 Å². The van der Waals surface area contributed by atoms with Crippen molar-refractivity contribution in [3.8, 4) is 0 Å². The Morgan fingerprint density at radius 2 is 2.05 bits per heavy atom. The average Bonchev–Trinajstić information content (AvgIpc) is 2.90. The molecule has 3 rings (SSSR count). The molecule has 1 amide bonds. The molecule has 21 heavy (non-hydrogen) atoms. The molecule has 112 valence electrons. The van der Waals surface area contributed by atoms with Crippen LogP contribution < -0.4 is 4.90 Å². The zero-order chi connectivity index (χ0) is 15.0. The summed E-state index contributed by atoms with van der Waals surface area (Å²) >= 11 is 0. The summed E-state index contributed by atoms with van der Waals surface area (Å²) in [5, 5.41) is 8.91. The number of esters is 1. The molecule has 0 atom stereocenters. The van der Waals surface area contributed by atoms with Gasteiger partial charge >= 0.3 is 12.1 Å². The molecule has 1 spiro atoms. The van der Waals surface area contributed by atoms with E-state index < -0.39 is 12.1 Å². The van der Waals surface area contributed by atoms with Gasteiger partial charge in [-0.1, -0.05) is 0 Å². The summed E-state index contributed by atoms with van der Waals surface area (Å²) in [4.78, 5) is 33.9. The molecule has 1 N–H and O–H groups in total. The van der Waals surface area contributed by atoms with Gasteiger partial charge in [-0.15, -0.1) is 0 Å². The zero-order valence-corrected chi connectivity index (χ0v) is 11.7. The van der Waals surface area contributed by atoms with Crippen molar-refractivity contribution in [3.63, 3.8) is 0 Å². The minimum atomic E-state index is -0.860. The molecule has 0 aliphatic carbocycles. The highest BCUT2D eigenvalue weighted by Crippen LogP contribution is 2.40. The molecule has 8 nitrogen and oxygen atoms in total. The summed E-state index contributed by atoms with van der Waals surface area (Å²) in [6.07, 6.45) is 3.04. The van der Waals surface area contributed by atoms with E-state index >= 15 is 0 Å². The van der Waals surface area contributed by atoms with E-state index in [1.54, 1.807) is 6.20 Å². The van der Waals surface area contributed by atoms with Crippen molar-refractivity contribution in [1.29, 1.82) is 0 Å². The number of amides is 1. The molecule has 0 bridgehead atoms. The van der Waals surface area contributed by atoms with Gasteiger partial charge < -0.3 is 19.6 Å². The average molecular weight is 292 g/mol. The van der Waals surface area contributed by atoms with Crippen molar-refractivity contribution < 1.29 is 19.4 Å². The van der Waals surface area contributed by atoms with Gasteiger partial charge in [-0.25, -0.2) is 19.6 Å². The van der Waals surface area contributed by atoms with Crippen LogP contribution in [0.5, 0.6) is 0 Å². The number of carbonyl (C=O) groups is 2. The number of rotatable bonds is 2. The Morgan fingerprint density at radius 3 is 2.62 bits per heavy atom. The molecule has 2 saturated heterocycles. The van der Waals surface area contributed by atoms with E-state index in [0.717, 1.165) is 19.5 Å². The third-order valence-corrected chi connectivity index (χ3v) is 4.12. The van der Waals surface area contributed by atoms with E-state index in [1.165, 1.54) is 18.2 Å². The number of anilines is 1. The number of likely N-dealkylation sites (tertiary alicyclic amines) is 1. The largest absolute Gasteiger partial charge is 0.465 e. The van der Waals surface area contributed by atoms with Crippen molar-refractivity contribution in [2.45, 2.75) is 6.42 Å². The third-order valence-electron chi connectivity index (χ3n) is 4.12. The molecule has 2 aliphatic heterocycles. The Kier molecular flexibility index (Phi) is 3.15. The first-order valence-corrected chi connectivity index (χ1v) is 6.66. The summed E-state index contributed by atoms with van der Waals surface area (Å²) in [7, 11) is 1.30. The number of ether oxygens (including phenoxy) is 1. The summed E-state index contributed by atoms with van der Waals surface area (Å²) in [6.45, 7) is 2.74. The Bertz CT molecular complexity index is 568. The predicted molar refractivity (Wildman–Crippen MR) is 72.2 cm³/mol. The van der Waals surface area contributed by atoms with Gasteiger partial charge in [0, 0.05) is 31.6 Å². The van der Waals surface area contributed by atoms with Crippen molar-refractivity contribution >= 4 is 17.9 Å². The SMILES string of the molecule is COC(=O)c1cnc(N2CCC3(CN(C(=O)O)C3)C2)cn1. The van der Waals surface area contributed by atoms with Crippen LogP contribution in [0.25, 0.3) is 0 Å². The van der Waals surface area contributed by atoms with Gasteiger partial charge in [0.05, 0.1) is 19.5 Å². The van der Waals surface area contributed by atoms with Crippen LogP contribution in [-0.4, -0.2) is 65.3 Å². The van der Waals surface area contributed by atoms with Gasteiger partial charge in [-0.05, 0) is 6.42 Å². The summed E-state index contributed by atoms with van der Waals surface area (Å²) in [6, 6.07) is 0. The molecule has 2 aliphatic rings. The molecule has 2 fully saturated rings. The normalized spacial score (nSPS) is 19.5. The maximum absolute atomic E-state index is 11.3. The Balaban J connectivity index is 1.64.